The predicted molar refractivity (Wildman–Crippen MR) is 153 cm³/mol. The third kappa shape index (κ3) is 5.29. The van der Waals surface area contributed by atoms with Crippen LogP contribution in [-0.2, 0) is 16.4 Å². The van der Waals surface area contributed by atoms with E-state index in [0.29, 0.717) is 30.9 Å². The van der Waals surface area contributed by atoms with E-state index in [4.69, 9.17) is 11.6 Å². The highest BCUT2D eigenvalue weighted by atomic mass is 35.5. The van der Waals surface area contributed by atoms with Crippen LogP contribution in [0.2, 0.25) is 5.02 Å². The van der Waals surface area contributed by atoms with Gasteiger partial charge in [0.05, 0.1) is 5.52 Å². The van der Waals surface area contributed by atoms with Crippen molar-refractivity contribution in [1.29, 1.82) is 0 Å². The summed E-state index contributed by atoms with van der Waals surface area (Å²) in [6, 6.07) is 11.7. The average Bonchev–Trinajstić information content (AvgIpc) is 2.90. The van der Waals surface area contributed by atoms with Gasteiger partial charge in [-0.15, -0.1) is 0 Å². The van der Waals surface area contributed by atoms with Gasteiger partial charge in [-0.25, -0.2) is 26.0 Å². The number of hydrogen-bond donors (Lipinski definition) is 0. The van der Waals surface area contributed by atoms with Crippen LogP contribution in [0.4, 0.5) is 23.2 Å². The highest BCUT2D eigenvalue weighted by Gasteiger charge is 2.33. The summed E-state index contributed by atoms with van der Waals surface area (Å²) in [4.78, 5) is 7.26. The van der Waals surface area contributed by atoms with E-state index in [2.05, 4.69) is 9.88 Å². The summed E-state index contributed by atoms with van der Waals surface area (Å²) in [5.74, 6) is -7.78. The van der Waals surface area contributed by atoms with E-state index in [-0.39, 0.29) is 6.04 Å². The van der Waals surface area contributed by atoms with Crippen LogP contribution in [-0.4, -0.2) is 50.2 Å². The molecule has 41 heavy (non-hydrogen) atoms. The molecule has 3 aromatic carbocycles. The van der Waals surface area contributed by atoms with Crippen molar-refractivity contribution in [2.75, 3.05) is 30.8 Å². The Morgan fingerprint density at radius 2 is 1.63 bits per heavy atom. The summed E-state index contributed by atoms with van der Waals surface area (Å²) in [6.45, 7) is 6.69. The van der Waals surface area contributed by atoms with E-state index < -0.39 is 50.1 Å². The molecule has 4 aromatic rings. The van der Waals surface area contributed by atoms with Crippen molar-refractivity contribution >= 4 is 38.0 Å². The van der Waals surface area contributed by atoms with Gasteiger partial charge in [-0.3, -0.25) is 9.88 Å². The van der Waals surface area contributed by atoms with Crippen LogP contribution in [0.3, 0.4) is 0 Å². The number of rotatable bonds is 5. The van der Waals surface area contributed by atoms with Gasteiger partial charge in [0.25, 0.3) is 0 Å². The molecule has 5 rings (SSSR count). The second-order valence-corrected chi connectivity index (χ2v) is 12.9. The number of aryl methyl sites for hydroxylation is 2. The summed E-state index contributed by atoms with van der Waals surface area (Å²) in [7, 11) is -4.38. The predicted octanol–water partition coefficient (Wildman–Crippen LogP) is 6.84. The van der Waals surface area contributed by atoms with Gasteiger partial charge in [0.1, 0.15) is 4.90 Å². The summed E-state index contributed by atoms with van der Waals surface area (Å²) in [6.07, 6.45) is 2.36. The number of aromatic nitrogens is 1. The number of nitrogens with zero attached hydrogens (tertiary/aromatic N) is 3. The molecule has 0 N–H and O–H groups in total. The van der Waals surface area contributed by atoms with Gasteiger partial charge < -0.3 is 4.90 Å². The number of pyridine rings is 1. The second kappa shape index (κ2) is 10.9. The van der Waals surface area contributed by atoms with Gasteiger partial charge in [-0.2, -0.15) is 0 Å². The Morgan fingerprint density at radius 1 is 0.976 bits per heavy atom. The SMILES string of the molecule is Cc1cccc(C)c1-c1cc2nccc(N3CCN(Cc4c(F)c(F)c(F)c(F)c4S(C)(=O)=O)C[C@@H]3C)c2cc1Cl. The normalized spacial score (nSPS) is 16.5. The first-order chi connectivity index (χ1) is 19.3. The molecular formula is C30H28ClF4N3O2S. The topological polar surface area (TPSA) is 53.5 Å². The number of piperazine rings is 1. The lowest BCUT2D eigenvalue weighted by Gasteiger charge is -2.42. The van der Waals surface area contributed by atoms with Crippen molar-refractivity contribution in [2.24, 2.45) is 0 Å². The zero-order chi connectivity index (χ0) is 29.8. The first kappa shape index (κ1) is 29.3. The molecule has 1 fully saturated rings. The van der Waals surface area contributed by atoms with Crippen molar-refractivity contribution in [3.05, 3.63) is 87.6 Å². The van der Waals surface area contributed by atoms with Crippen LogP contribution >= 0.6 is 11.6 Å². The molecule has 0 spiro atoms. The highest BCUT2D eigenvalue weighted by molar-refractivity contribution is 7.90. The molecule has 2 heterocycles. The van der Waals surface area contributed by atoms with Gasteiger partial charge in [-0.1, -0.05) is 29.8 Å². The van der Waals surface area contributed by atoms with Crippen LogP contribution in [0.25, 0.3) is 22.0 Å². The van der Waals surface area contributed by atoms with Gasteiger partial charge in [0, 0.05) is 71.9 Å². The summed E-state index contributed by atoms with van der Waals surface area (Å²) in [5, 5.41) is 1.43. The molecule has 0 amide bonds. The summed E-state index contributed by atoms with van der Waals surface area (Å²) >= 11 is 6.82. The number of fused-ring (bicyclic) bond motifs is 1. The van der Waals surface area contributed by atoms with Gasteiger partial charge in [0.2, 0.25) is 0 Å². The minimum Gasteiger partial charge on any atom is -0.366 e. The van der Waals surface area contributed by atoms with E-state index in [0.717, 1.165) is 38.8 Å². The molecule has 0 saturated carbocycles. The Hall–Kier alpha value is -3.21. The van der Waals surface area contributed by atoms with Crippen LogP contribution in [0.1, 0.15) is 23.6 Å². The molecule has 0 bridgehead atoms. The molecule has 11 heteroatoms. The van der Waals surface area contributed by atoms with Crippen molar-refractivity contribution in [1.82, 2.24) is 9.88 Å². The third-order valence-electron chi connectivity index (χ3n) is 7.65. The molecule has 1 saturated heterocycles. The van der Waals surface area contributed by atoms with Gasteiger partial charge >= 0.3 is 0 Å². The maximum atomic E-state index is 14.7. The van der Waals surface area contributed by atoms with Crippen LogP contribution in [0.15, 0.2) is 47.5 Å². The average molecular weight is 606 g/mol. The largest absolute Gasteiger partial charge is 0.366 e. The number of sulfone groups is 1. The van der Waals surface area contributed by atoms with Crippen LogP contribution in [0, 0.1) is 37.1 Å². The Morgan fingerprint density at radius 3 is 2.27 bits per heavy atom. The van der Waals surface area contributed by atoms with Crippen molar-refractivity contribution in [3.8, 4) is 11.1 Å². The smallest absolute Gasteiger partial charge is 0.198 e. The Labute approximate surface area is 241 Å². The summed E-state index contributed by atoms with van der Waals surface area (Å²) < 4.78 is 81.5. The second-order valence-electron chi connectivity index (χ2n) is 10.6. The molecule has 1 aliphatic heterocycles. The molecule has 0 aliphatic carbocycles. The van der Waals surface area contributed by atoms with E-state index >= 15 is 0 Å². The van der Waals surface area contributed by atoms with Crippen LogP contribution < -0.4 is 4.90 Å². The lowest BCUT2D eigenvalue weighted by atomic mass is 9.94. The minimum absolute atomic E-state index is 0.161. The third-order valence-corrected chi connectivity index (χ3v) is 9.13. The molecule has 0 radical (unpaired) electrons. The van der Waals surface area contributed by atoms with E-state index in [1.807, 2.05) is 57.2 Å². The highest BCUT2D eigenvalue weighted by Crippen LogP contribution is 2.39. The van der Waals surface area contributed by atoms with Crippen molar-refractivity contribution < 1.29 is 26.0 Å². The van der Waals surface area contributed by atoms with E-state index in [1.165, 1.54) is 0 Å². The van der Waals surface area contributed by atoms with Crippen molar-refractivity contribution in [2.45, 2.75) is 38.3 Å². The first-order valence-corrected chi connectivity index (χ1v) is 15.2. The first-order valence-electron chi connectivity index (χ1n) is 13.0. The molecule has 216 valence electrons. The fourth-order valence-electron chi connectivity index (χ4n) is 5.78. The molecule has 0 unspecified atom stereocenters. The van der Waals surface area contributed by atoms with Crippen LogP contribution in [0.5, 0.6) is 0 Å². The molecule has 1 aromatic heterocycles. The number of benzene rings is 3. The minimum atomic E-state index is -4.38. The number of halogens is 5. The zero-order valence-electron chi connectivity index (χ0n) is 22.9. The van der Waals surface area contributed by atoms with E-state index in [9.17, 15) is 26.0 Å². The molecule has 1 atom stereocenters. The Bertz CT molecular complexity index is 1780. The molecular weight excluding hydrogens is 578 g/mol. The van der Waals surface area contributed by atoms with Gasteiger partial charge in [-0.05, 0) is 55.7 Å². The quantitative estimate of drug-likeness (QED) is 0.108. The zero-order valence-corrected chi connectivity index (χ0v) is 24.5. The fourth-order valence-corrected chi connectivity index (χ4v) is 7.05. The monoisotopic (exact) mass is 605 g/mol. The van der Waals surface area contributed by atoms with E-state index in [1.54, 1.807) is 11.1 Å². The number of hydrogen-bond acceptors (Lipinski definition) is 5. The Balaban J connectivity index is 1.46. The Kier molecular flexibility index (Phi) is 7.78. The standard InChI is InChI=1S/C30H28ClF4N3O2S/c1-16-6-5-7-17(2)25(16)19-13-23-20(12-22(19)31)24(8-9-36-23)38-11-10-37(14-18(38)3)15-21-26(32)27(33)28(34)29(35)30(21)41(4,39)40/h5-9,12-13,18H,10-11,14-15H2,1-4H3/t18-/m0/s1. The maximum absolute atomic E-state index is 14.7. The summed E-state index contributed by atoms with van der Waals surface area (Å²) in [5.41, 5.74) is 5.08. The van der Waals surface area contributed by atoms with Crippen molar-refractivity contribution in [3.63, 3.8) is 0 Å². The maximum Gasteiger partial charge on any atom is 0.198 e. The fraction of sp³-hybridized carbons (Fsp3) is 0.300. The van der Waals surface area contributed by atoms with Gasteiger partial charge in [0.15, 0.2) is 33.1 Å². The lowest BCUT2D eigenvalue weighted by Crippen LogP contribution is -2.51. The molecule has 1 aliphatic rings. The lowest BCUT2D eigenvalue weighted by molar-refractivity contribution is 0.214. The number of anilines is 1. The molecule has 5 nitrogen and oxygen atoms in total.